The van der Waals surface area contributed by atoms with E-state index < -0.39 is 0 Å². The molecule has 2 nitrogen and oxygen atoms in total. The van der Waals surface area contributed by atoms with Crippen molar-refractivity contribution in [2.45, 2.75) is 24.8 Å². The summed E-state index contributed by atoms with van der Waals surface area (Å²) in [5.74, 6) is 0. The van der Waals surface area contributed by atoms with Gasteiger partial charge in [-0.1, -0.05) is 6.07 Å². The molecular formula is C12H16N2. The van der Waals surface area contributed by atoms with Crippen molar-refractivity contribution in [1.29, 1.82) is 0 Å². The fraction of sp³-hybridized carbons (Fsp3) is 0.500. The molecule has 3 rings (SSSR count). The van der Waals surface area contributed by atoms with E-state index in [0.717, 1.165) is 12.2 Å². The number of likely N-dealkylation sites (N-methyl/N-ethyl adjacent to an activating group) is 1. The zero-order valence-electron chi connectivity index (χ0n) is 8.59. The topological polar surface area (TPSA) is 29.3 Å². The SMILES string of the molecule is CN1Cc2ccc(N)cc2C2(CC2)C1. The number of nitrogens with zero attached hydrogens (tertiary/aromatic N) is 1. The summed E-state index contributed by atoms with van der Waals surface area (Å²) in [6, 6.07) is 6.41. The van der Waals surface area contributed by atoms with Gasteiger partial charge < -0.3 is 10.6 Å². The molecule has 1 aromatic carbocycles. The van der Waals surface area contributed by atoms with Crippen molar-refractivity contribution in [1.82, 2.24) is 4.90 Å². The minimum Gasteiger partial charge on any atom is -0.399 e. The molecular weight excluding hydrogens is 172 g/mol. The first-order valence-electron chi connectivity index (χ1n) is 5.27. The maximum absolute atomic E-state index is 5.85. The lowest BCUT2D eigenvalue weighted by Crippen LogP contribution is -2.35. The second kappa shape index (κ2) is 2.51. The number of fused-ring (bicyclic) bond motifs is 2. The van der Waals surface area contributed by atoms with E-state index in [2.05, 4.69) is 24.1 Å². The van der Waals surface area contributed by atoms with Crippen LogP contribution in [0.4, 0.5) is 5.69 Å². The Morgan fingerprint density at radius 1 is 1.36 bits per heavy atom. The Morgan fingerprint density at radius 3 is 2.86 bits per heavy atom. The fourth-order valence-corrected chi connectivity index (χ4v) is 2.75. The normalized spacial score (nSPS) is 23.5. The molecule has 0 atom stereocenters. The van der Waals surface area contributed by atoms with Gasteiger partial charge in [-0.2, -0.15) is 0 Å². The van der Waals surface area contributed by atoms with Gasteiger partial charge in [-0.15, -0.1) is 0 Å². The Labute approximate surface area is 84.7 Å². The molecule has 0 unspecified atom stereocenters. The Kier molecular flexibility index (Phi) is 1.49. The summed E-state index contributed by atoms with van der Waals surface area (Å²) in [6.07, 6.45) is 2.68. The highest BCUT2D eigenvalue weighted by Gasteiger charge is 2.48. The third kappa shape index (κ3) is 1.07. The van der Waals surface area contributed by atoms with E-state index in [1.54, 1.807) is 0 Å². The number of anilines is 1. The maximum atomic E-state index is 5.85. The van der Waals surface area contributed by atoms with Crippen LogP contribution in [0.5, 0.6) is 0 Å². The zero-order chi connectivity index (χ0) is 9.76. The van der Waals surface area contributed by atoms with Gasteiger partial charge in [0.05, 0.1) is 0 Å². The summed E-state index contributed by atoms with van der Waals surface area (Å²) in [6.45, 7) is 2.29. The van der Waals surface area contributed by atoms with Gasteiger partial charge in [-0.05, 0) is 43.1 Å². The van der Waals surface area contributed by atoms with Crippen LogP contribution in [0.2, 0.25) is 0 Å². The van der Waals surface area contributed by atoms with Crippen molar-refractivity contribution >= 4 is 5.69 Å². The molecule has 2 N–H and O–H groups in total. The van der Waals surface area contributed by atoms with Crippen LogP contribution >= 0.6 is 0 Å². The molecule has 0 saturated heterocycles. The number of nitrogens with two attached hydrogens (primary N) is 1. The molecule has 1 fully saturated rings. The van der Waals surface area contributed by atoms with Crippen LogP contribution < -0.4 is 5.73 Å². The van der Waals surface area contributed by atoms with Gasteiger partial charge in [-0.3, -0.25) is 0 Å². The lowest BCUT2D eigenvalue weighted by atomic mass is 9.87. The summed E-state index contributed by atoms with van der Waals surface area (Å²) in [5, 5.41) is 0. The average molecular weight is 188 g/mol. The second-order valence-electron chi connectivity index (χ2n) is 4.87. The first kappa shape index (κ1) is 8.30. The van der Waals surface area contributed by atoms with Gasteiger partial charge in [0.15, 0.2) is 0 Å². The molecule has 1 aliphatic heterocycles. The zero-order valence-corrected chi connectivity index (χ0v) is 8.59. The maximum Gasteiger partial charge on any atom is 0.0317 e. The summed E-state index contributed by atoms with van der Waals surface area (Å²) in [4.78, 5) is 2.42. The third-order valence-electron chi connectivity index (χ3n) is 3.57. The standard InChI is InChI=1S/C12H16N2/c1-14-7-9-2-3-10(13)6-11(9)12(8-14)4-5-12/h2-3,6H,4-5,7-8,13H2,1H3. The van der Waals surface area contributed by atoms with Gasteiger partial charge in [0.25, 0.3) is 0 Å². The molecule has 0 aromatic heterocycles. The molecule has 1 heterocycles. The number of nitrogen functional groups attached to an aromatic ring is 1. The van der Waals surface area contributed by atoms with E-state index in [-0.39, 0.29) is 0 Å². The highest BCUT2D eigenvalue weighted by atomic mass is 15.1. The van der Waals surface area contributed by atoms with Gasteiger partial charge in [0.2, 0.25) is 0 Å². The van der Waals surface area contributed by atoms with Crippen LogP contribution in [-0.4, -0.2) is 18.5 Å². The molecule has 1 spiro atoms. The van der Waals surface area contributed by atoms with Crippen molar-refractivity contribution in [3.8, 4) is 0 Å². The summed E-state index contributed by atoms with van der Waals surface area (Å²) >= 11 is 0. The molecule has 0 bridgehead atoms. The van der Waals surface area contributed by atoms with Crippen molar-refractivity contribution in [2.75, 3.05) is 19.3 Å². The monoisotopic (exact) mass is 188 g/mol. The van der Waals surface area contributed by atoms with E-state index in [9.17, 15) is 0 Å². The Balaban J connectivity index is 2.13. The van der Waals surface area contributed by atoms with Gasteiger partial charge >= 0.3 is 0 Å². The van der Waals surface area contributed by atoms with Gasteiger partial charge in [-0.25, -0.2) is 0 Å². The van der Waals surface area contributed by atoms with Crippen LogP contribution in [0.15, 0.2) is 18.2 Å². The van der Waals surface area contributed by atoms with Crippen LogP contribution in [0.25, 0.3) is 0 Å². The van der Waals surface area contributed by atoms with Gasteiger partial charge in [0.1, 0.15) is 0 Å². The van der Waals surface area contributed by atoms with Crippen molar-refractivity contribution in [3.05, 3.63) is 29.3 Å². The minimum atomic E-state index is 0.470. The summed E-state index contributed by atoms with van der Waals surface area (Å²) < 4.78 is 0. The lowest BCUT2D eigenvalue weighted by molar-refractivity contribution is 0.271. The van der Waals surface area contributed by atoms with Crippen molar-refractivity contribution in [2.24, 2.45) is 0 Å². The number of hydrogen-bond acceptors (Lipinski definition) is 2. The van der Waals surface area contributed by atoms with Crippen LogP contribution in [0.3, 0.4) is 0 Å². The first-order chi connectivity index (χ1) is 6.70. The molecule has 2 heteroatoms. The molecule has 2 aliphatic rings. The molecule has 74 valence electrons. The van der Waals surface area contributed by atoms with Crippen LogP contribution in [0, 0.1) is 0 Å². The van der Waals surface area contributed by atoms with E-state index in [4.69, 9.17) is 5.73 Å². The van der Waals surface area contributed by atoms with Crippen molar-refractivity contribution in [3.63, 3.8) is 0 Å². The van der Waals surface area contributed by atoms with Crippen LogP contribution in [-0.2, 0) is 12.0 Å². The first-order valence-corrected chi connectivity index (χ1v) is 5.27. The molecule has 1 aliphatic carbocycles. The van der Waals surface area contributed by atoms with Gasteiger partial charge in [0, 0.05) is 24.2 Å². The highest BCUT2D eigenvalue weighted by molar-refractivity contribution is 5.51. The summed E-state index contributed by atoms with van der Waals surface area (Å²) in [7, 11) is 2.21. The minimum absolute atomic E-state index is 0.470. The Morgan fingerprint density at radius 2 is 2.14 bits per heavy atom. The smallest absolute Gasteiger partial charge is 0.0317 e. The number of benzene rings is 1. The van der Waals surface area contributed by atoms with E-state index in [1.807, 2.05) is 6.07 Å². The third-order valence-corrected chi connectivity index (χ3v) is 3.57. The lowest BCUT2D eigenvalue weighted by Gasteiger charge is -2.32. The van der Waals surface area contributed by atoms with Crippen LogP contribution in [0.1, 0.15) is 24.0 Å². The molecule has 14 heavy (non-hydrogen) atoms. The predicted molar refractivity (Wildman–Crippen MR) is 58.1 cm³/mol. The Hall–Kier alpha value is -1.02. The average Bonchev–Trinajstić information content (AvgIpc) is 2.88. The second-order valence-corrected chi connectivity index (χ2v) is 4.87. The van der Waals surface area contributed by atoms with E-state index >= 15 is 0 Å². The van der Waals surface area contributed by atoms with E-state index in [1.165, 1.54) is 30.5 Å². The highest BCUT2D eigenvalue weighted by Crippen LogP contribution is 2.52. The number of rotatable bonds is 0. The predicted octanol–water partition coefficient (Wildman–Crippen LogP) is 1.75. The number of hydrogen-bond donors (Lipinski definition) is 1. The van der Waals surface area contributed by atoms with Crippen molar-refractivity contribution < 1.29 is 0 Å². The molecule has 0 radical (unpaired) electrons. The fourth-order valence-electron chi connectivity index (χ4n) is 2.75. The molecule has 0 amide bonds. The van der Waals surface area contributed by atoms with E-state index in [0.29, 0.717) is 5.41 Å². The molecule has 1 saturated carbocycles. The quantitative estimate of drug-likeness (QED) is 0.628. The Bertz CT molecular complexity index is 380. The summed E-state index contributed by atoms with van der Waals surface area (Å²) in [5.41, 5.74) is 10.2. The molecule has 1 aromatic rings. The largest absolute Gasteiger partial charge is 0.399 e.